The Kier molecular flexibility index (Phi) is 11.5. The number of aliphatic imine (C=N–C) groups is 1. The van der Waals surface area contributed by atoms with Gasteiger partial charge in [0.1, 0.15) is 0 Å². The third-order valence-corrected chi connectivity index (χ3v) is 5.07. The molecule has 0 saturated carbocycles. The number of carbonyl (C=O) groups excluding carboxylic acids is 1. The summed E-state index contributed by atoms with van der Waals surface area (Å²) in [5.41, 5.74) is 3.71. The molecule has 0 atom stereocenters. The normalized spacial score (nSPS) is 15.0. The maximum Gasteiger partial charge on any atom is 0.234 e. The van der Waals surface area contributed by atoms with E-state index in [2.05, 4.69) is 71.5 Å². The summed E-state index contributed by atoms with van der Waals surface area (Å²) in [5, 5.41) is 6.39. The van der Waals surface area contributed by atoms with Gasteiger partial charge in [0, 0.05) is 58.5 Å². The van der Waals surface area contributed by atoms with Crippen LogP contribution in [0, 0.1) is 6.92 Å². The summed E-state index contributed by atoms with van der Waals surface area (Å²) in [5.74, 6) is 1.06. The van der Waals surface area contributed by atoms with Gasteiger partial charge in [-0.25, -0.2) is 4.99 Å². The van der Waals surface area contributed by atoms with Gasteiger partial charge in [-0.1, -0.05) is 6.07 Å². The second-order valence-corrected chi connectivity index (χ2v) is 8.16. The number of guanidine groups is 1. The number of benzene rings is 1. The first-order valence-corrected chi connectivity index (χ1v) is 10.6. The van der Waals surface area contributed by atoms with E-state index in [0.29, 0.717) is 13.1 Å². The predicted octanol–water partition coefficient (Wildman–Crippen LogP) is 2.29. The Labute approximate surface area is 199 Å². The summed E-state index contributed by atoms with van der Waals surface area (Å²) < 4.78 is 0. The quantitative estimate of drug-likeness (QED) is 0.322. The van der Waals surface area contributed by atoms with E-state index < -0.39 is 0 Å². The van der Waals surface area contributed by atoms with Crippen molar-refractivity contribution in [1.29, 1.82) is 0 Å². The van der Waals surface area contributed by atoms with Gasteiger partial charge in [-0.2, -0.15) is 0 Å². The fourth-order valence-electron chi connectivity index (χ4n) is 3.41. The molecule has 1 heterocycles. The first-order valence-electron chi connectivity index (χ1n) is 10.6. The highest BCUT2D eigenvalue weighted by Crippen LogP contribution is 2.18. The van der Waals surface area contributed by atoms with Crippen molar-refractivity contribution >= 4 is 41.5 Å². The second kappa shape index (κ2) is 13.0. The van der Waals surface area contributed by atoms with Gasteiger partial charge in [0.15, 0.2) is 5.96 Å². The third-order valence-electron chi connectivity index (χ3n) is 5.07. The van der Waals surface area contributed by atoms with Gasteiger partial charge in [-0.05, 0) is 51.0 Å². The average molecular weight is 530 g/mol. The van der Waals surface area contributed by atoms with Crippen LogP contribution in [0.25, 0.3) is 0 Å². The van der Waals surface area contributed by atoms with Crippen LogP contribution in [-0.2, 0) is 11.3 Å². The molecule has 0 bridgehead atoms. The highest BCUT2D eigenvalue weighted by atomic mass is 127. The van der Waals surface area contributed by atoms with Gasteiger partial charge in [-0.15, -0.1) is 24.0 Å². The molecule has 2 N–H and O–H groups in total. The first-order chi connectivity index (χ1) is 13.8. The molecule has 2 rings (SSSR count). The molecule has 0 unspecified atom stereocenters. The van der Waals surface area contributed by atoms with Crippen LogP contribution >= 0.6 is 24.0 Å². The van der Waals surface area contributed by atoms with Gasteiger partial charge in [0.05, 0.1) is 13.1 Å². The predicted molar refractivity (Wildman–Crippen MR) is 137 cm³/mol. The minimum atomic E-state index is 0. The lowest BCUT2D eigenvalue weighted by Crippen LogP contribution is -2.54. The Morgan fingerprint density at radius 2 is 1.87 bits per heavy atom. The molecule has 1 aliphatic rings. The standard InChI is InChI=1S/C22H38N6O.HI/c1-7-23-22(24-15-19-8-9-20(26(5)6)14-18(19)4)28-12-10-27(11-13-28)16-21(29)25-17(2)3;/h8-9,14,17H,7,10-13,15-16H2,1-6H3,(H,23,24)(H,25,29);1H. The molecule has 170 valence electrons. The molecule has 0 aromatic heterocycles. The van der Waals surface area contributed by atoms with Crippen molar-refractivity contribution in [1.82, 2.24) is 20.4 Å². The minimum absolute atomic E-state index is 0. The van der Waals surface area contributed by atoms with E-state index in [9.17, 15) is 4.79 Å². The molecule has 0 spiro atoms. The summed E-state index contributed by atoms with van der Waals surface area (Å²) in [6, 6.07) is 6.71. The van der Waals surface area contributed by atoms with Crippen molar-refractivity contribution in [3.05, 3.63) is 29.3 Å². The van der Waals surface area contributed by atoms with Gasteiger partial charge in [0.25, 0.3) is 0 Å². The summed E-state index contributed by atoms with van der Waals surface area (Å²) >= 11 is 0. The van der Waals surface area contributed by atoms with Gasteiger partial charge in [0.2, 0.25) is 5.91 Å². The number of hydrogen-bond acceptors (Lipinski definition) is 4. The van der Waals surface area contributed by atoms with Crippen molar-refractivity contribution in [2.75, 3.05) is 58.3 Å². The van der Waals surface area contributed by atoms with E-state index >= 15 is 0 Å². The second-order valence-electron chi connectivity index (χ2n) is 8.16. The van der Waals surface area contributed by atoms with Crippen LogP contribution in [-0.4, -0.2) is 81.1 Å². The molecule has 1 amide bonds. The van der Waals surface area contributed by atoms with Crippen LogP contribution in [0.4, 0.5) is 5.69 Å². The molecule has 0 aliphatic carbocycles. The van der Waals surface area contributed by atoms with Crippen molar-refractivity contribution < 1.29 is 4.79 Å². The number of halogens is 1. The highest BCUT2D eigenvalue weighted by molar-refractivity contribution is 14.0. The number of piperazine rings is 1. The zero-order valence-electron chi connectivity index (χ0n) is 19.4. The lowest BCUT2D eigenvalue weighted by molar-refractivity contribution is -0.123. The number of carbonyl (C=O) groups is 1. The molecule has 1 aromatic rings. The monoisotopic (exact) mass is 530 g/mol. The average Bonchev–Trinajstić information content (AvgIpc) is 2.65. The lowest BCUT2D eigenvalue weighted by atomic mass is 10.1. The van der Waals surface area contributed by atoms with E-state index in [4.69, 9.17) is 4.99 Å². The van der Waals surface area contributed by atoms with E-state index in [1.54, 1.807) is 0 Å². The molecule has 1 fully saturated rings. The Bertz CT molecular complexity index is 699. The topological polar surface area (TPSA) is 63.2 Å². The summed E-state index contributed by atoms with van der Waals surface area (Å²) in [6.45, 7) is 13.7. The van der Waals surface area contributed by atoms with Gasteiger partial charge >= 0.3 is 0 Å². The SMILES string of the molecule is CCNC(=NCc1ccc(N(C)C)cc1C)N1CCN(CC(=O)NC(C)C)CC1.I. The van der Waals surface area contributed by atoms with Crippen molar-refractivity contribution in [3.8, 4) is 0 Å². The molecule has 30 heavy (non-hydrogen) atoms. The van der Waals surface area contributed by atoms with E-state index in [0.717, 1.165) is 38.7 Å². The zero-order valence-corrected chi connectivity index (χ0v) is 21.7. The van der Waals surface area contributed by atoms with Crippen LogP contribution in [0.5, 0.6) is 0 Å². The number of aryl methyl sites for hydroxylation is 1. The first kappa shape index (κ1) is 26.5. The summed E-state index contributed by atoms with van der Waals surface area (Å²) in [7, 11) is 4.12. The zero-order chi connectivity index (χ0) is 21.4. The van der Waals surface area contributed by atoms with E-state index in [1.807, 2.05) is 13.8 Å². The maximum absolute atomic E-state index is 12.0. The molecule has 7 nitrogen and oxygen atoms in total. The summed E-state index contributed by atoms with van der Waals surface area (Å²) in [6.07, 6.45) is 0. The summed E-state index contributed by atoms with van der Waals surface area (Å²) in [4.78, 5) is 23.5. The Morgan fingerprint density at radius 1 is 1.20 bits per heavy atom. The Morgan fingerprint density at radius 3 is 2.40 bits per heavy atom. The van der Waals surface area contributed by atoms with Crippen molar-refractivity contribution in [2.24, 2.45) is 4.99 Å². The van der Waals surface area contributed by atoms with Crippen LogP contribution in [0.1, 0.15) is 31.9 Å². The number of rotatable bonds is 7. The van der Waals surface area contributed by atoms with Crippen LogP contribution in [0.15, 0.2) is 23.2 Å². The van der Waals surface area contributed by atoms with E-state index in [-0.39, 0.29) is 35.9 Å². The molecule has 8 heteroatoms. The molecule has 0 radical (unpaired) electrons. The van der Waals surface area contributed by atoms with E-state index in [1.165, 1.54) is 16.8 Å². The Hall–Kier alpha value is -1.55. The van der Waals surface area contributed by atoms with Crippen molar-refractivity contribution in [3.63, 3.8) is 0 Å². The van der Waals surface area contributed by atoms with Gasteiger partial charge in [-0.3, -0.25) is 9.69 Å². The van der Waals surface area contributed by atoms with Gasteiger partial charge < -0.3 is 20.4 Å². The Balaban J connectivity index is 0.00000450. The fraction of sp³-hybridized carbons (Fsp3) is 0.636. The van der Waals surface area contributed by atoms with Crippen LogP contribution < -0.4 is 15.5 Å². The number of nitrogens with one attached hydrogen (secondary N) is 2. The number of amides is 1. The fourth-order valence-corrected chi connectivity index (χ4v) is 3.41. The number of hydrogen-bond donors (Lipinski definition) is 2. The van der Waals surface area contributed by atoms with Crippen LogP contribution in [0.2, 0.25) is 0 Å². The smallest absolute Gasteiger partial charge is 0.234 e. The molecular formula is C22H39IN6O. The highest BCUT2D eigenvalue weighted by Gasteiger charge is 2.21. The molecule has 1 aliphatic heterocycles. The molecule has 1 saturated heterocycles. The molecule has 1 aromatic carbocycles. The van der Waals surface area contributed by atoms with Crippen LogP contribution in [0.3, 0.4) is 0 Å². The van der Waals surface area contributed by atoms with Crippen molar-refractivity contribution in [2.45, 2.75) is 40.3 Å². The third kappa shape index (κ3) is 8.29. The maximum atomic E-state index is 12.0. The number of nitrogens with zero attached hydrogens (tertiary/aromatic N) is 4. The largest absolute Gasteiger partial charge is 0.378 e. The lowest BCUT2D eigenvalue weighted by Gasteiger charge is -2.36. The number of anilines is 1. The molecular weight excluding hydrogens is 491 g/mol. The minimum Gasteiger partial charge on any atom is -0.378 e.